The summed E-state index contributed by atoms with van der Waals surface area (Å²) in [4.78, 5) is 19.4. The van der Waals surface area contributed by atoms with Crippen LogP contribution in [0.3, 0.4) is 0 Å². The fraction of sp³-hybridized carbons (Fsp3) is 0.452. The van der Waals surface area contributed by atoms with Gasteiger partial charge in [-0.25, -0.2) is 9.78 Å². The van der Waals surface area contributed by atoms with Gasteiger partial charge in [0.05, 0.1) is 63.1 Å². The maximum atomic E-state index is 11.9. The lowest BCUT2D eigenvalue weighted by molar-refractivity contribution is 0.00958. The van der Waals surface area contributed by atoms with Crippen molar-refractivity contribution in [2.45, 2.75) is 62.8 Å². The summed E-state index contributed by atoms with van der Waals surface area (Å²) in [6.07, 6.45) is 7.17. The fourth-order valence-corrected chi connectivity index (χ4v) is 8.76. The van der Waals surface area contributed by atoms with E-state index in [1.54, 1.807) is 23.5 Å². The highest BCUT2D eigenvalue weighted by Crippen LogP contribution is 2.47. The van der Waals surface area contributed by atoms with Crippen LogP contribution < -0.4 is 4.90 Å². The van der Waals surface area contributed by atoms with Crippen molar-refractivity contribution >= 4 is 55.9 Å². The van der Waals surface area contributed by atoms with Crippen molar-refractivity contribution in [1.82, 2.24) is 14.8 Å². The number of hydrogen-bond acceptors (Lipinski definition) is 7. The van der Waals surface area contributed by atoms with Crippen molar-refractivity contribution in [1.29, 1.82) is 0 Å². The molecule has 2 aromatic carbocycles. The van der Waals surface area contributed by atoms with E-state index < -0.39 is 5.97 Å². The molecular weight excluding hydrogens is 595 g/mol. The van der Waals surface area contributed by atoms with Crippen molar-refractivity contribution < 1.29 is 19.4 Å². The molecule has 2 saturated carbocycles. The number of benzene rings is 2. The van der Waals surface area contributed by atoms with Gasteiger partial charge in [-0.1, -0.05) is 40.6 Å². The summed E-state index contributed by atoms with van der Waals surface area (Å²) in [7, 11) is 0. The zero-order valence-corrected chi connectivity index (χ0v) is 25.2. The van der Waals surface area contributed by atoms with E-state index in [4.69, 9.17) is 42.8 Å². The lowest BCUT2D eigenvalue weighted by Crippen LogP contribution is -2.38. The Morgan fingerprint density at radius 1 is 1.14 bits per heavy atom. The average Bonchev–Trinajstić information content (AvgIpc) is 3.49. The fourth-order valence-electron chi connectivity index (χ4n) is 7.04. The Balaban J connectivity index is 1.02. The van der Waals surface area contributed by atoms with E-state index in [9.17, 15) is 9.90 Å². The Morgan fingerprint density at radius 2 is 1.98 bits per heavy atom. The molecule has 4 aliphatic rings. The minimum atomic E-state index is -0.907. The first kappa shape index (κ1) is 26.9. The summed E-state index contributed by atoms with van der Waals surface area (Å²) in [6.45, 7) is 2.66. The van der Waals surface area contributed by atoms with Gasteiger partial charge >= 0.3 is 5.97 Å². The second-order valence-corrected chi connectivity index (χ2v) is 13.8. The molecule has 0 unspecified atom stereocenters. The first-order chi connectivity index (χ1) is 20.4. The summed E-state index contributed by atoms with van der Waals surface area (Å²) in [5.74, 6) is -0.316. The zero-order chi connectivity index (χ0) is 28.5. The molecule has 1 N–H and O–H groups in total. The predicted octanol–water partition coefficient (Wildman–Crippen LogP) is 7.19. The lowest BCUT2D eigenvalue weighted by Gasteiger charge is -2.31. The van der Waals surface area contributed by atoms with Crippen LogP contribution in [0, 0.1) is 5.92 Å². The Labute approximate surface area is 257 Å². The molecule has 42 heavy (non-hydrogen) atoms. The van der Waals surface area contributed by atoms with E-state index in [1.165, 1.54) is 0 Å². The number of anilines is 1. The molecule has 2 aromatic heterocycles. The Morgan fingerprint density at radius 3 is 2.67 bits per heavy atom. The molecule has 2 bridgehead atoms. The highest BCUT2D eigenvalue weighted by Gasteiger charge is 2.46. The molecule has 4 atom stereocenters. The van der Waals surface area contributed by atoms with Crippen LogP contribution in [0.2, 0.25) is 10.0 Å². The molecule has 2 aliphatic carbocycles. The maximum absolute atomic E-state index is 11.9. The number of piperidine rings is 1. The summed E-state index contributed by atoms with van der Waals surface area (Å²) in [5, 5.41) is 16.7. The number of aromatic carboxylic acids is 1. The molecule has 0 amide bonds. The summed E-state index contributed by atoms with van der Waals surface area (Å²) in [5.41, 5.74) is 5.04. The number of nitrogens with zero attached hydrogens (tertiary/aromatic N) is 4. The second-order valence-electron chi connectivity index (χ2n) is 11.9. The van der Waals surface area contributed by atoms with Crippen LogP contribution >= 0.6 is 34.5 Å². The van der Waals surface area contributed by atoms with Crippen LogP contribution in [0.4, 0.5) is 5.13 Å². The van der Waals surface area contributed by atoms with Crippen molar-refractivity contribution in [3.63, 3.8) is 0 Å². The molecule has 0 spiro atoms. The average molecular weight is 626 g/mol. The summed E-state index contributed by atoms with van der Waals surface area (Å²) >= 11 is 14.8. The molecule has 11 heteroatoms. The predicted molar refractivity (Wildman–Crippen MR) is 163 cm³/mol. The van der Waals surface area contributed by atoms with Crippen LogP contribution in [-0.2, 0) is 16.1 Å². The number of carbonyl (C=O) groups is 1. The number of aromatic nitrogens is 3. The normalized spacial score (nSPS) is 25.2. The largest absolute Gasteiger partial charge is 0.478 e. The third-order valence-corrected chi connectivity index (χ3v) is 11.0. The minimum Gasteiger partial charge on any atom is -0.478 e. The van der Waals surface area contributed by atoms with Crippen LogP contribution in [0.25, 0.3) is 21.3 Å². The Kier molecular flexibility index (Phi) is 6.72. The van der Waals surface area contributed by atoms with Gasteiger partial charge in [0.1, 0.15) is 0 Å². The van der Waals surface area contributed by atoms with E-state index in [2.05, 4.69) is 9.58 Å². The third-order valence-electron chi connectivity index (χ3n) is 9.31. The smallest absolute Gasteiger partial charge is 0.335 e. The summed E-state index contributed by atoms with van der Waals surface area (Å²) < 4.78 is 15.3. The SMILES string of the molecule is O=C(O)c1cc([C@@H]2CCOC2)c2nc(N3C[C@@H]4C[C@H]3C[C@H]4OCc3c(-c4c(Cl)cccc4Cl)cnn3C3CC3)sc2c1. The number of carboxylic acid groups (broad SMARTS) is 1. The van der Waals surface area contributed by atoms with E-state index >= 15 is 0 Å². The van der Waals surface area contributed by atoms with Gasteiger partial charge in [0.2, 0.25) is 0 Å². The Bertz CT molecular complexity index is 1680. The first-order valence-corrected chi connectivity index (χ1v) is 16.2. The van der Waals surface area contributed by atoms with Gasteiger partial charge in [-0.3, -0.25) is 4.68 Å². The number of ether oxygens (including phenoxy) is 2. The van der Waals surface area contributed by atoms with Gasteiger partial charge < -0.3 is 19.5 Å². The van der Waals surface area contributed by atoms with Crippen LogP contribution in [-0.4, -0.2) is 57.7 Å². The number of fused-ring (bicyclic) bond motifs is 3. The highest BCUT2D eigenvalue weighted by molar-refractivity contribution is 7.22. The second kappa shape index (κ2) is 10.5. The molecule has 8 rings (SSSR count). The van der Waals surface area contributed by atoms with Crippen molar-refractivity contribution in [3.05, 3.63) is 63.4 Å². The van der Waals surface area contributed by atoms with Gasteiger partial charge in [0.15, 0.2) is 5.13 Å². The first-order valence-electron chi connectivity index (χ1n) is 14.6. The van der Waals surface area contributed by atoms with Crippen LogP contribution in [0.15, 0.2) is 36.5 Å². The number of halogens is 2. The molecule has 2 saturated heterocycles. The van der Waals surface area contributed by atoms with Gasteiger partial charge in [-0.05, 0) is 61.9 Å². The van der Waals surface area contributed by atoms with Crippen molar-refractivity contribution in [2.24, 2.45) is 5.92 Å². The molecule has 4 fully saturated rings. The van der Waals surface area contributed by atoms with Crippen molar-refractivity contribution in [3.8, 4) is 11.1 Å². The van der Waals surface area contributed by atoms with Gasteiger partial charge in [-0.2, -0.15) is 5.10 Å². The molecule has 0 radical (unpaired) electrons. The molecule has 4 heterocycles. The van der Waals surface area contributed by atoms with Gasteiger partial charge in [0.25, 0.3) is 0 Å². The van der Waals surface area contributed by atoms with Gasteiger partial charge in [-0.15, -0.1) is 0 Å². The minimum absolute atomic E-state index is 0.155. The number of rotatable bonds is 8. The molecule has 4 aromatic rings. The Hall–Kier alpha value is -2.69. The topological polar surface area (TPSA) is 89.7 Å². The molecule has 2 aliphatic heterocycles. The standard InChI is InChI=1S/C31H30Cl2N4O4S/c32-23-2-1-3-24(33)28(23)22-12-34-37(19-4-5-19)25(22)15-41-26-11-20-8-18(26)13-36(20)31-35-29-21(16-6-7-40-14-16)9-17(30(38)39)10-27(29)42-31/h1-3,9-10,12,16,18-20,26H,4-8,11,13-15H2,(H,38,39)/t16-,18+,20+,26-/m1/s1. The third kappa shape index (κ3) is 4.61. The van der Waals surface area contributed by atoms with E-state index in [-0.39, 0.29) is 12.0 Å². The van der Waals surface area contributed by atoms with E-state index in [0.717, 1.165) is 76.4 Å². The highest BCUT2D eigenvalue weighted by atomic mass is 35.5. The zero-order valence-electron chi connectivity index (χ0n) is 22.8. The molecule has 8 nitrogen and oxygen atoms in total. The summed E-state index contributed by atoms with van der Waals surface area (Å²) in [6, 6.07) is 9.91. The molecule has 218 valence electrons. The number of carboxylic acids is 1. The van der Waals surface area contributed by atoms with Crippen LogP contribution in [0.5, 0.6) is 0 Å². The molecular formula is C31H30Cl2N4O4S. The number of thiazole rings is 1. The van der Waals surface area contributed by atoms with Crippen molar-refractivity contribution in [2.75, 3.05) is 24.7 Å². The van der Waals surface area contributed by atoms with E-state index in [1.807, 2.05) is 24.4 Å². The van der Waals surface area contributed by atoms with E-state index in [0.29, 0.717) is 53.4 Å². The maximum Gasteiger partial charge on any atom is 0.335 e. The van der Waals surface area contributed by atoms with Gasteiger partial charge in [0, 0.05) is 42.2 Å². The number of hydrogen-bond donors (Lipinski definition) is 1. The monoisotopic (exact) mass is 624 g/mol. The quantitative estimate of drug-likeness (QED) is 0.222. The van der Waals surface area contributed by atoms with Crippen LogP contribution in [0.1, 0.15) is 65.7 Å². The lowest BCUT2D eigenvalue weighted by atomic mass is 9.95.